The van der Waals surface area contributed by atoms with Crippen molar-refractivity contribution in [3.05, 3.63) is 70.8 Å². The Kier molecular flexibility index (Phi) is 5.64. The van der Waals surface area contributed by atoms with Crippen LogP contribution in [-0.4, -0.2) is 38.0 Å². The predicted octanol–water partition coefficient (Wildman–Crippen LogP) is 3.77. The molecule has 1 N–H and O–H groups in total. The van der Waals surface area contributed by atoms with Gasteiger partial charge in [0.25, 0.3) is 5.91 Å². The summed E-state index contributed by atoms with van der Waals surface area (Å²) in [4.78, 5) is 21.0. The number of halogens is 1. The first kappa shape index (κ1) is 19.0. The Bertz CT molecular complexity index is 969. The third kappa shape index (κ3) is 4.36. The number of carbonyl (C=O) groups is 1. The number of hydrogen-bond acceptors (Lipinski definition) is 5. The molecule has 1 aliphatic carbocycles. The van der Waals surface area contributed by atoms with Gasteiger partial charge in [-0.05, 0) is 42.7 Å². The Morgan fingerprint density at radius 3 is 2.79 bits per heavy atom. The number of benzene rings is 1. The molecule has 0 unspecified atom stereocenters. The summed E-state index contributed by atoms with van der Waals surface area (Å²) in [6.07, 6.45) is 10.7. The van der Waals surface area contributed by atoms with Gasteiger partial charge in [-0.15, -0.1) is 0 Å². The summed E-state index contributed by atoms with van der Waals surface area (Å²) in [6.45, 7) is 0.530. The molecule has 1 aliphatic rings. The van der Waals surface area contributed by atoms with Crippen molar-refractivity contribution in [3.8, 4) is 0 Å². The summed E-state index contributed by atoms with van der Waals surface area (Å²) < 4.78 is 1.72. The van der Waals surface area contributed by atoms with Gasteiger partial charge >= 0.3 is 0 Å². The summed E-state index contributed by atoms with van der Waals surface area (Å²) in [7, 11) is 0. The fourth-order valence-electron chi connectivity index (χ4n) is 3.32. The summed E-state index contributed by atoms with van der Waals surface area (Å²) in [6, 6.07) is 8.13. The van der Waals surface area contributed by atoms with Gasteiger partial charge in [0.05, 0.1) is 18.3 Å². The van der Waals surface area contributed by atoms with Crippen LogP contribution in [0.15, 0.2) is 54.2 Å². The highest BCUT2D eigenvalue weighted by atomic mass is 35.5. The molecule has 144 valence electrons. The van der Waals surface area contributed by atoms with E-state index < -0.39 is 0 Å². The first-order chi connectivity index (χ1) is 13.6. The molecule has 0 radical (unpaired) electrons. The van der Waals surface area contributed by atoms with Crippen molar-refractivity contribution in [2.75, 3.05) is 6.26 Å². The van der Waals surface area contributed by atoms with Gasteiger partial charge < -0.3 is 5.32 Å². The summed E-state index contributed by atoms with van der Waals surface area (Å²) in [5.74, 6) is 0.366. The first-order valence-electron chi connectivity index (χ1n) is 9.04. The lowest BCUT2D eigenvalue weighted by molar-refractivity contribution is 0.0909. The van der Waals surface area contributed by atoms with Gasteiger partial charge in [-0.25, -0.2) is 9.97 Å². The lowest BCUT2D eigenvalue weighted by Gasteiger charge is -2.36. The topological polar surface area (TPSA) is 72.7 Å². The molecule has 8 heteroatoms. The highest BCUT2D eigenvalue weighted by molar-refractivity contribution is 7.98. The number of aromatic nitrogens is 4. The van der Waals surface area contributed by atoms with E-state index in [9.17, 15) is 4.79 Å². The number of rotatable bonds is 6. The van der Waals surface area contributed by atoms with Gasteiger partial charge in [0.2, 0.25) is 0 Å². The van der Waals surface area contributed by atoms with Crippen LogP contribution in [0.3, 0.4) is 0 Å². The minimum atomic E-state index is -0.0882. The SMILES string of the molecule is CSc1ncc(Cn2cc(C(=O)NC3CC(c4cccc(Cl)c4)C3)cn2)cn1. The molecule has 0 bridgehead atoms. The molecule has 1 fully saturated rings. The zero-order valence-corrected chi connectivity index (χ0v) is 17.0. The molecule has 4 rings (SSSR count). The van der Waals surface area contributed by atoms with Crippen molar-refractivity contribution >= 4 is 29.3 Å². The molecule has 0 aliphatic heterocycles. The summed E-state index contributed by atoms with van der Waals surface area (Å²) in [5.41, 5.74) is 2.74. The van der Waals surface area contributed by atoms with Gasteiger partial charge in [0.15, 0.2) is 5.16 Å². The Hall–Kier alpha value is -2.38. The highest BCUT2D eigenvalue weighted by Gasteiger charge is 2.31. The van der Waals surface area contributed by atoms with E-state index in [-0.39, 0.29) is 11.9 Å². The smallest absolute Gasteiger partial charge is 0.254 e. The number of nitrogens with zero attached hydrogens (tertiary/aromatic N) is 4. The lowest BCUT2D eigenvalue weighted by Crippen LogP contribution is -2.43. The summed E-state index contributed by atoms with van der Waals surface area (Å²) in [5, 5.41) is 8.86. The number of thioether (sulfide) groups is 1. The third-order valence-corrected chi connectivity index (χ3v) is 5.71. The van der Waals surface area contributed by atoms with Crippen molar-refractivity contribution in [2.24, 2.45) is 0 Å². The van der Waals surface area contributed by atoms with E-state index in [1.54, 1.807) is 29.5 Å². The maximum atomic E-state index is 12.5. The Balaban J connectivity index is 1.30. The van der Waals surface area contributed by atoms with E-state index in [1.807, 2.05) is 24.5 Å². The van der Waals surface area contributed by atoms with Crippen molar-refractivity contribution < 1.29 is 4.79 Å². The monoisotopic (exact) mass is 413 g/mol. The van der Waals surface area contributed by atoms with Crippen LogP contribution in [0.25, 0.3) is 0 Å². The minimum Gasteiger partial charge on any atom is -0.349 e. The second-order valence-corrected chi connectivity index (χ2v) is 8.11. The van der Waals surface area contributed by atoms with Crippen molar-refractivity contribution in [2.45, 2.75) is 36.5 Å². The molecule has 0 saturated heterocycles. The maximum absolute atomic E-state index is 12.5. The molecule has 2 heterocycles. The Labute approximate surface area is 172 Å². The number of amides is 1. The van der Waals surface area contributed by atoms with Crippen molar-refractivity contribution in [1.82, 2.24) is 25.1 Å². The molecular formula is C20H20ClN5OS. The summed E-state index contributed by atoms with van der Waals surface area (Å²) >= 11 is 7.56. The van der Waals surface area contributed by atoms with Crippen LogP contribution in [0.1, 0.15) is 40.2 Å². The van der Waals surface area contributed by atoms with Gasteiger partial charge in [-0.1, -0.05) is 35.5 Å². The maximum Gasteiger partial charge on any atom is 0.254 e. The van der Waals surface area contributed by atoms with Crippen LogP contribution in [0, 0.1) is 0 Å². The van der Waals surface area contributed by atoms with Crippen LogP contribution in [0.4, 0.5) is 0 Å². The molecule has 1 saturated carbocycles. The first-order valence-corrected chi connectivity index (χ1v) is 10.6. The van der Waals surface area contributed by atoms with Gasteiger partial charge in [0, 0.05) is 35.2 Å². The van der Waals surface area contributed by atoms with Crippen molar-refractivity contribution in [1.29, 1.82) is 0 Å². The van der Waals surface area contributed by atoms with E-state index in [0.29, 0.717) is 18.0 Å². The molecule has 3 aromatic rings. The van der Waals surface area contributed by atoms with Crippen LogP contribution in [0.5, 0.6) is 0 Å². The predicted molar refractivity (Wildman–Crippen MR) is 110 cm³/mol. The molecule has 1 aromatic carbocycles. The van der Waals surface area contributed by atoms with Crippen LogP contribution < -0.4 is 5.32 Å². The highest BCUT2D eigenvalue weighted by Crippen LogP contribution is 2.37. The zero-order valence-electron chi connectivity index (χ0n) is 15.4. The molecule has 0 spiro atoms. The van der Waals surface area contributed by atoms with Crippen LogP contribution in [0.2, 0.25) is 5.02 Å². The minimum absolute atomic E-state index is 0.0882. The standard InChI is InChI=1S/C20H20ClN5OS/c1-28-20-22-8-13(9-23-20)11-26-12-16(10-24-26)19(27)25-18-6-15(7-18)14-3-2-4-17(21)5-14/h2-5,8-10,12,15,18H,6-7,11H2,1H3,(H,25,27). The van der Waals surface area contributed by atoms with Crippen LogP contribution >= 0.6 is 23.4 Å². The normalized spacial score (nSPS) is 18.5. The van der Waals surface area contributed by atoms with Gasteiger partial charge in [-0.3, -0.25) is 9.48 Å². The number of carbonyl (C=O) groups excluding carboxylic acids is 1. The van der Waals surface area contributed by atoms with Gasteiger partial charge in [-0.2, -0.15) is 5.10 Å². The van der Waals surface area contributed by atoms with E-state index in [1.165, 1.54) is 17.3 Å². The van der Waals surface area contributed by atoms with E-state index in [4.69, 9.17) is 11.6 Å². The van der Waals surface area contributed by atoms with Crippen molar-refractivity contribution in [3.63, 3.8) is 0 Å². The van der Waals surface area contributed by atoms with E-state index >= 15 is 0 Å². The Morgan fingerprint density at radius 1 is 1.29 bits per heavy atom. The zero-order chi connectivity index (χ0) is 19.5. The fourth-order valence-corrected chi connectivity index (χ4v) is 3.84. The lowest BCUT2D eigenvalue weighted by atomic mass is 9.76. The van der Waals surface area contributed by atoms with E-state index in [2.05, 4.69) is 26.4 Å². The molecule has 2 aromatic heterocycles. The fraction of sp³-hybridized carbons (Fsp3) is 0.300. The molecular weight excluding hydrogens is 394 g/mol. The average molecular weight is 414 g/mol. The number of nitrogens with one attached hydrogen (secondary N) is 1. The van der Waals surface area contributed by atoms with Crippen LogP contribution in [-0.2, 0) is 6.54 Å². The Morgan fingerprint density at radius 2 is 2.07 bits per heavy atom. The quantitative estimate of drug-likeness (QED) is 0.492. The second-order valence-electron chi connectivity index (χ2n) is 6.90. The average Bonchev–Trinajstić information content (AvgIpc) is 3.13. The third-order valence-electron chi connectivity index (χ3n) is 4.90. The van der Waals surface area contributed by atoms with E-state index in [0.717, 1.165) is 28.6 Å². The number of hydrogen-bond donors (Lipinski definition) is 1. The van der Waals surface area contributed by atoms with Gasteiger partial charge in [0.1, 0.15) is 0 Å². The molecule has 6 nitrogen and oxygen atoms in total. The molecule has 28 heavy (non-hydrogen) atoms. The largest absolute Gasteiger partial charge is 0.349 e. The second kappa shape index (κ2) is 8.32. The molecule has 0 atom stereocenters. The molecule has 1 amide bonds.